The molecule has 0 spiro atoms. The van der Waals surface area contributed by atoms with E-state index in [1.54, 1.807) is 36.0 Å². The fourth-order valence-corrected chi connectivity index (χ4v) is 6.47. The van der Waals surface area contributed by atoms with Crippen molar-refractivity contribution in [2.24, 2.45) is 0 Å². The smallest absolute Gasteiger partial charge is 0.345 e. The zero-order valence-corrected chi connectivity index (χ0v) is 22.8. The van der Waals surface area contributed by atoms with Crippen LogP contribution in [0.25, 0.3) is 21.3 Å². The van der Waals surface area contributed by atoms with E-state index < -0.39 is 5.97 Å². The van der Waals surface area contributed by atoms with Crippen molar-refractivity contribution < 1.29 is 19.2 Å². The van der Waals surface area contributed by atoms with E-state index in [0.29, 0.717) is 31.9 Å². The molecule has 2 heterocycles. The van der Waals surface area contributed by atoms with Crippen LogP contribution in [-0.2, 0) is 13.0 Å². The van der Waals surface area contributed by atoms with Gasteiger partial charge in [0.1, 0.15) is 28.7 Å². The predicted molar refractivity (Wildman–Crippen MR) is 150 cm³/mol. The highest BCUT2D eigenvalue weighted by atomic mass is 35.5. The van der Waals surface area contributed by atoms with Gasteiger partial charge in [0, 0.05) is 31.9 Å². The molecule has 37 heavy (non-hydrogen) atoms. The minimum atomic E-state index is -0.909. The highest BCUT2D eigenvalue weighted by Crippen LogP contribution is 2.39. The van der Waals surface area contributed by atoms with Crippen molar-refractivity contribution in [2.45, 2.75) is 36.2 Å². The number of fused-ring (bicyclic) bond motifs is 1. The summed E-state index contributed by atoms with van der Waals surface area (Å²) in [5, 5.41) is 15.6. The average Bonchev–Trinajstić information content (AvgIpc) is 3.49. The van der Waals surface area contributed by atoms with Gasteiger partial charge in [-0.15, -0.1) is 11.3 Å². The molecule has 0 saturated heterocycles. The Morgan fingerprint density at radius 3 is 2.51 bits per heavy atom. The first kappa shape index (κ1) is 25.7. The zero-order valence-electron chi connectivity index (χ0n) is 19.7. The van der Waals surface area contributed by atoms with Crippen LogP contribution in [0.1, 0.15) is 34.3 Å². The molecule has 5 rings (SSSR count). The van der Waals surface area contributed by atoms with Crippen molar-refractivity contribution in [3.63, 3.8) is 0 Å². The molecule has 0 bridgehead atoms. The van der Waals surface area contributed by atoms with E-state index in [0.717, 1.165) is 44.0 Å². The van der Waals surface area contributed by atoms with Gasteiger partial charge in [0.15, 0.2) is 0 Å². The molecule has 3 aromatic carbocycles. The van der Waals surface area contributed by atoms with Gasteiger partial charge in [-0.2, -0.15) is 0 Å². The number of thiophene rings is 1. The second-order valence-corrected chi connectivity index (χ2v) is 11.2. The fraction of sp³-hybridized carbons (Fsp3) is 0.143. The maximum absolute atomic E-state index is 11.4. The standard InChI is InChI=1S/C28H21Cl2NO4S2/c1-2-5-22-19(27(31-35-22)26-20(29)6-3-7-21(26)30)15-34-16-10-12-17(13-11-16)36-23-8-4-9-24-18(23)14-25(37-24)28(32)33/h3-4,6-14H,2,5,15H2,1H3,(H,32,33). The van der Waals surface area contributed by atoms with Crippen LogP contribution < -0.4 is 4.74 Å². The Balaban J connectivity index is 1.35. The molecule has 0 radical (unpaired) electrons. The summed E-state index contributed by atoms with van der Waals surface area (Å²) in [6, 6.07) is 20.7. The molecule has 0 atom stereocenters. The first-order valence-corrected chi connectivity index (χ1v) is 13.9. The predicted octanol–water partition coefficient (Wildman–Crippen LogP) is 9.24. The van der Waals surface area contributed by atoms with Gasteiger partial charge in [-0.05, 0) is 61.0 Å². The molecule has 5 aromatic rings. The number of ether oxygens (including phenoxy) is 1. The highest BCUT2D eigenvalue weighted by molar-refractivity contribution is 7.99. The maximum atomic E-state index is 11.4. The molecule has 0 amide bonds. The van der Waals surface area contributed by atoms with E-state index in [-0.39, 0.29) is 6.61 Å². The molecule has 1 N–H and O–H groups in total. The summed E-state index contributed by atoms with van der Waals surface area (Å²) < 4.78 is 12.7. The Morgan fingerprint density at radius 2 is 1.81 bits per heavy atom. The molecule has 0 unspecified atom stereocenters. The van der Waals surface area contributed by atoms with Gasteiger partial charge in [0.25, 0.3) is 0 Å². The molecule has 9 heteroatoms. The van der Waals surface area contributed by atoms with Gasteiger partial charge in [-0.3, -0.25) is 0 Å². The van der Waals surface area contributed by atoms with Gasteiger partial charge in [0.05, 0.1) is 15.6 Å². The lowest BCUT2D eigenvalue weighted by Gasteiger charge is -2.10. The lowest BCUT2D eigenvalue weighted by atomic mass is 10.0. The summed E-state index contributed by atoms with van der Waals surface area (Å²) in [5.74, 6) is 0.546. The number of rotatable bonds is 9. The van der Waals surface area contributed by atoms with Crippen LogP contribution >= 0.6 is 46.3 Å². The second-order valence-electron chi connectivity index (χ2n) is 8.23. The second kappa shape index (κ2) is 11.2. The minimum Gasteiger partial charge on any atom is -0.489 e. The molecule has 188 valence electrons. The molecule has 0 aliphatic heterocycles. The van der Waals surface area contributed by atoms with Crippen molar-refractivity contribution in [3.05, 3.63) is 93.0 Å². The Labute approximate surface area is 232 Å². The van der Waals surface area contributed by atoms with Crippen molar-refractivity contribution in [1.82, 2.24) is 5.16 Å². The monoisotopic (exact) mass is 569 g/mol. The number of aryl methyl sites for hydroxylation is 1. The number of aromatic nitrogens is 1. The third-order valence-electron chi connectivity index (χ3n) is 5.71. The molecule has 5 nitrogen and oxygen atoms in total. The van der Waals surface area contributed by atoms with Crippen LogP contribution in [-0.4, -0.2) is 16.2 Å². The third-order valence-corrected chi connectivity index (χ3v) is 8.52. The summed E-state index contributed by atoms with van der Waals surface area (Å²) in [4.78, 5) is 13.7. The normalized spacial score (nSPS) is 11.2. The lowest BCUT2D eigenvalue weighted by molar-refractivity contribution is 0.0702. The summed E-state index contributed by atoms with van der Waals surface area (Å²) in [6.45, 7) is 2.33. The van der Waals surface area contributed by atoms with Crippen LogP contribution in [0, 0.1) is 0 Å². The molecular formula is C28H21Cl2NO4S2. The molecule has 0 aliphatic carbocycles. The van der Waals surface area contributed by atoms with E-state index in [9.17, 15) is 9.90 Å². The average molecular weight is 571 g/mol. The Bertz CT molecular complexity index is 1560. The number of carbonyl (C=O) groups is 1. The van der Waals surface area contributed by atoms with Gasteiger partial charge in [0.2, 0.25) is 0 Å². The van der Waals surface area contributed by atoms with E-state index in [4.69, 9.17) is 32.5 Å². The summed E-state index contributed by atoms with van der Waals surface area (Å²) in [6.07, 6.45) is 1.62. The number of hydrogen-bond donors (Lipinski definition) is 1. The van der Waals surface area contributed by atoms with Gasteiger partial charge in [-0.25, -0.2) is 4.79 Å². The van der Waals surface area contributed by atoms with E-state index in [1.807, 2.05) is 42.5 Å². The minimum absolute atomic E-state index is 0.258. The SMILES string of the molecule is CCCc1onc(-c2c(Cl)cccc2Cl)c1COc1ccc(Sc2cccc3sc(C(=O)O)cc23)cc1. The van der Waals surface area contributed by atoms with Crippen LogP contribution in [0.15, 0.2) is 81.0 Å². The summed E-state index contributed by atoms with van der Waals surface area (Å²) in [7, 11) is 0. The first-order valence-electron chi connectivity index (χ1n) is 11.5. The Morgan fingerprint density at radius 1 is 1.08 bits per heavy atom. The molecule has 0 fully saturated rings. The van der Waals surface area contributed by atoms with Crippen LogP contribution in [0.2, 0.25) is 10.0 Å². The topological polar surface area (TPSA) is 72.6 Å². The number of hydrogen-bond acceptors (Lipinski definition) is 6. The molecule has 0 saturated carbocycles. The molecular weight excluding hydrogens is 549 g/mol. The lowest BCUT2D eigenvalue weighted by Crippen LogP contribution is -2.00. The summed E-state index contributed by atoms with van der Waals surface area (Å²) >= 11 is 15.7. The van der Waals surface area contributed by atoms with Crippen molar-refractivity contribution in [1.29, 1.82) is 0 Å². The van der Waals surface area contributed by atoms with Crippen LogP contribution in [0.4, 0.5) is 0 Å². The van der Waals surface area contributed by atoms with Gasteiger partial charge < -0.3 is 14.4 Å². The van der Waals surface area contributed by atoms with Crippen LogP contribution in [0.5, 0.6) is 5.75 Å². The molecule has 2 aromatic heterocycles. The number of carboxylic acid groups (broad SMARTS) is 1. The maximum Gasteiger partial charge on any atom is 0.345 e. The van der Waals surface area contributed by atoms with Crippen molar-refractivity contribution in [2.75, 3.05) is 0 Å². The third kappa shape index (κ3) is 5.50. The highest BCUT2D eigenvalue weighted by Gasteiger charge is 2.22. The fourth-order valence-electron chi connectivity index (χ4n) is 3.95. The number of benzene rings is 3. The van der Waals surface area contributed by atoms with E-state index in [1.165, 1.54) is 11.3 Å². The molecule has 0 aliphatic rings. The Hall–Kier alpha value is -2.97. The van der Waals surface area contributed by atoms with Gasteiger partial charge in [-0.1, -0.05) is 59.2 Å². The summed E-state index contributed by atoms with van der Waals surface area (Å²) in [5.41, 5.74) is 2.06. The first-order chi connectivity index (χ1) is 17.9. The van der Waals surface area contributed by atoms with E-state index >= 15 is 0 Å². The zero-order chi connectivity index (χ0) is 25.9. The van der Waals surface area contributed by atoms with Crippen molar-refractivity contribution in [3.8, 4) is 17.0 Å². The van der Waals surface area contributed by atoms with Gasteiger partial charge >= 0.3 is 5.97 Å². The quantitative estimate of drug-likeness (QED) is 0.190. The van der Waals surface area contributed by atoms with Crippen molar-refractivity contribution >= 4 is 62.4 Å². The largest absolute Gasteiger partial charge is 0.489 e. The number of carboxylic acids is 1. The number of nitrogens with zero attached hydrogens (tertiary/aromatic N) is 1. The number of aromatic carboxylic acids is 1. The number of halogens is 2. The van der Waals surface area contributed by atoms with E-state index in [2.05, 4.69) is 12.1 Å². The Kier molecular flexibility index (Phi) is 7.76. The van der Waals surface area contributed by atoms with Crippen LogP contribution in [0.3, 0.4) is 0 Å².